The van der Waals surface area contributed by atoms with Crippen molar-refractivity contribution in [3.63, 3.8) is 0 Å². The monoisotopic (exact) mass is 345 g/mol. The van der Waals surface area contributed by atoms with E-state index in [0.717, 1.165) is 5.56 Å². The molecular weight excluding hydrogens is 333 g/mol. The molecule has 0 saturated carbocycles. The summed E-state index contributed by atoms with van der Waals surface area (Å²) >= 11 is 12.0. The van der Waals surface area contributed by atoms with E-state index in [4.69, 9.17) is 27.9 Å². The Morgan fingerprint density at radius 1 is 1.17 bits per heavy atom. The molecule has 3 aromatic rings. The van der Waals surface area contributed by atoms with Crippen molar-refractivity contribution < 1.29 is 9.53 Å². The third kappa shape index (κ3) is 3.03. The third-order valence-electron chi connectivity index (χ3n) is 3.46. The number of hydrogen-bond acceptors (Lipinski definition) is 3. The predicted octanol–water partition coefficient (Wildman–Crippen LogP) is 5.33. The molecule has 2 aromatic carbocycles. The third-order valence-corrected chi connectivity index (χ3v) is 3.97. The highest BCUT2D eigenvalue weighted by atomic mass is 35.5. The summed E-state index contributed by atoms with van der Waals surface area (Å²) in [6, 6.07) is 14.5. The van der Waals surface area contributed by atoms with Crippen LogP contribution >= 0.6 is 23.2 Å². The number of fused-ring (bicyclic) bond motifs is 1. The first-order chi connectivity index (χ1) is 11.1. The van der Waals surface area contributed by atoms with Crippen LogP contribution in [-0.2, 0) is 0 Å². The Morgan fingerprint density at radius 2 is 1.96 bits per heavy atom. The Labute approximate surface area is 143 Å². The first kappa shape index (κ1) is 15.8. The molecule has 0 fully saturated rings. The van der Waals surface area contributed by atoms with E-state index >= 15 is 0 Å². The molecule has 0 N–H and O–H groups in total. The van der Waals surface area contributed by atoms with Crippen LogP contribution in [0.1, 0.15) is 17.3 Å². The lowest BCUT2D eigenvalue weighted by atomic mass is 10.0. The van der Waals surface area contributed by atoms with Gasteiger partial charge in [0.05, 0.1) is 22.8 Å². The maximum absolute atomic E-state index is 11.8. The standard InChI is InChI=1S/C18H13Cl2NO2/c1-2-23-16-9-4-3-6-12(16)15-10-13(18(20)22)11-7-5-8-14(19)17(11)21-15/h3-10H,2H2,1H3. The van der Waals surface area contributed by atoms with Gasteiger partial charge < -0.3 is 4.74 Å². The Morgan fingerprint density at radius 3 is 2.70 bits per heavy atom. The van der Waals surface area contributed by atoms with Gasteiger partial charge in [0.1, 0.15) is 5.75 Å². The number of halogens is 2. The molecule has 1 aromatic heterocycles. The van der Waals surface area contributed by atoms with Crippen molar-refractivity contribution in [2.24, 2.45) is 0 Å². The van der Waals surface area contributed by atoms with Crippen molar-refractivity contribution in [3.8, 4) is 17.0 Å². The highest BCUT2D eigenvalue weighted by molar-refractivity contribution is 6.68. The molecule has 0 unspecified atom stereocenters. The van der Waals surface area contributed by atoms with Crippen LogP contribution < -0.4 is 4.74 Å². The molecule has 0 radical (unpaired) electrons. The van der Waals surface area contributed by atoms with Crippen LogP contribution in [0, 0.1) is 0 Å². The molecule has 23 heavy (non-hydrogen) atoms. The molecule has 1 heterocycles. The van der Waals surface area contributed by atoms with Crippen molar-refractivity contribution in [1.82, 2.24) is 4.98 Å². The molecule has 0 saturated heterocycles. The van der Waals surface area contributed by atoms with Crippen molar-refractivity contribution >= 4 is 39.3 Å². The van der Waals surface area contributed by atoms with Gasteiger partial charge in [-0.15, -0.1) is 0 Å². The highest BCUT2D eigenvalue weighted by Gasteiger charge is 2.16. The minimum Gasteiger partial charge on any atom is -0.493 e. The fraction of sp³-hybridized carbons (Fsp3) is 0.111. The van der Waals surface area contributed by atoms with Gasteiger partial charge in [-0.1, -0.05) is 35.9 Å². The zero-order valence-corrected chi connectivity index (χ0v) is 13.9. The molecule has 0 spiro atoms. The quantitative estimate of drug-likeness (QED) is 0.599. The van der Waals surface area contributed by atoms with Gasteiger partial charge in [-0.2, -0.15) is 0 Å². The summed E-state index contributed by atoms with van der Waals surface area (Å²) in [6.45, 7) is 2.45. The number of carbonyl (C=O) groups excluding carboxylic acids is 1. The number of aromatic nitrogens is 1. The zero-order chi connectivity index (χ0) is 16.4. The molecule has 3 nitrogen and oxygen atoms in total. The van der Waals surface area contributed by atoms with Crippen LogP contribution in [0.4, 0.5) is 0 Å². The molecule has 0 aliphatic rings. The average molecular weight is 346 g/mol. The molecule has 5 heteroatoms. The summed E-state index contributed by atoms with van der Waals surface area (Å²) in [7, 11) is 0. The summed E-state index contributed by atoms with van der Waals surface area (Å²) in [6.07, 6.45) is 0. The smallest absolute Gasteiger partial charge is 0.253 e. The number of benzene rings is 2. The van der Waals surface area contributed by atoms with Gasteiger partial charge in [0.25, 0.3) is 5.24 Å². The lowest BCUT2D eigenvalue weighted by molar-refractivity contribution is 0.108. The molecule has 0 aliphatic heterocycles. The van der Waals surface area contributed by atoms with Crippen LogP contribution in [0.2, 0.25) is 5.02 Å². The minimum absolute atomic E-state index is 0.375. The van der Waals surface area contributed by atoms with Gasteiger partial charge in [0, 0.05) is 16.5 Å². The lowest BCUT2D eigenvalue weighted by Crippen LogP contribution is -1.98. The van der Waals surface area contributed by atoms with Crippen LogP contribution in [0.5, 0.6) is 5.75 Å². The van der Waals surface area contributed by atoms with Gasteiger partial charge in [-0.05, 0) is 42.8 Å². The fourth-order valence-corrected chi connectivity index (χ4v) is 2.85. The van der Waals surface area contributed by atoms with Crippen LogP contribution in [0.25, 0.3) is 22.2 Å². The van der Waals surface area contributed by atoms with Gasteiger partial charge in [-0.3, -0.25) is 4.79 Å². The molecule has 0 atom stereocenters. The molecular formula is C18H13Cl2NO2. The Hall–Kier alpha value is -2.10. The lowest BCUT2D eigenvalue weighted by Gasteiger charge is -2.12. The minimum atomic E-state index is -0.546. The SMILES string of the molecule is CCOc1ccccc1-c1cc(C(=O)Cl)c2cccc(Cl)c2n1. The van der Waals surface area contributed by atoms with E-state index in [9.17, 15) is 4.79 Å². The first-order valence-corrected chi connectivity index (χ1v) is 7.88. The second-order valence-electron chi connectivity index (χ2n) is 4.89. The number of carbonyl (C=O) groups is 1. The summed E-state index contributed by atoms with van der Waals surface area (Å²) in [5.41, 5.74) is 2.30. The summed E-state index contributed by atoms with van der Waals surface area (Å²) < 4.78 is 5.64. The van der Waals surface area contributed by atoms with Gasteiger partial charge >= 0.3 is 0 Å². The number of ether oxygens (including phenoxy) is 1. The van der Waals surface area contributed by atoms with Crippen molar-refractivity contribution in [2.45, 2.75) is 6.92 Å². The van der Waals surface area contributed by atoms with Gasteiger partial charge in [0.15, 0.2) is 0 Å². The maximum Gasteiger partial charge on any atom is 0.253 e. The number of para-hydroxylation sites is 2. The van der Waals surface area contributed by atoms with Gasteiger partial charge in [0.2, 0.25) is 0 Å². The largest absolute Gasteiger partial charge is 0.493 e. The summed E-state index contributed by atoms with van der Waals surface area (Å²) in [4.78, 5) is 16.4. The summed E-state index contributed by atoms with van der Waals surface area (Å²) in [5.74, 6) is 0.696. The van der Waals surface area contributed by atoms with E-state index in [-0.39, 0.29) is 0 Å². The Kier molecular flexibility index (Phi) is 4.51. The van der Waals surface area contributed by atoms with Crippen molar-refractivity contribution in [3.05, 3.63) is 59.1 Å². The van der Waals surface area contributed by atoms with Crippen LogP contribution in [-0.4, -0.2) is 16.8 Å². The molecule has 116 valence electrons. The second-order valence-corrected chi connectivity index (χ2v) is 5.64. The van der Waals surface area contributed by atoms with Crippen molar-refractivity contribution in [2.75, 3.05) is 6.61 Å². The molecule has 0 aliphatic carbocycles. The van der Waals surface area contributed by atoms with Crippen molar-refractivity contribution in [1.29, 1.82) is 0 Å². The average Bonchev–Trinajstić information content (AvgIpc) is 2.55. The van der Waals surface area contributed by atoms with E-state index in [1.807, 2.05) is 31.2 Å². The van der Waals surface area contributed by atoms with E-state index in [1.165, 1.54) is 0 Å². The number of rotatable bonds is 4. The topological polar surface area (TPSA) is 39.2 Å². The molecule has 0 bridgehead atoms. The van der Waals surface area contributed by atoms with E-state index in [0.29, 0.717) is 39.5 Å². The number of pyridine rings is 1. The van der Waals surface area contributed by atoms with E-state index in [2.05, 4.69) is 4.98 Å². The zero-order valence-electron chi connectivity index (χ0n) is 12.3. The summed E-state index contributed by atoms with van der Waals surface area (Å²) in [5, 5.41) is 0.558. The molecule has 3 rings (SSSR count). The Balaban J connectivity index is 2.31. The van der Waals surface area contributed by atoms with Crippen LogP contribution in [0.3, 0.4) is 0 Å². The van der Waals surface area contributed by atoms with Gasteiger partial charge in [-0.25, -0.2) is 4.98 Å². The molecule has 0 amide bonds. The van der Waals surface area contributed by atoms with E-state index < -0.39 is 5.24 Å². The highest BCUT2D eigenvalue weighted by Crippen LogP contribution is 2.33. The predicted molar refractivity (Wildman–Crippen MR) is 93.5 cm³/mol. The van der Waals surface area contributed by atoms with E-state index in [1.54, 1.807) is 24.3 Å². The number of nitrogens with zero attached hydrogens (tertiary/aromatic N) is 1. The second kappa shape index (κ2) is 6.57. The number of hydrogen-bond donors (Lipinski definition) is 0. The van der Waals surface area contributed by atoms with Crippen LogP contribution in [0.15, 0.2) is 48.5 Å². The first-order valence-electron chi connectivity index (χ1n) is 7.13. The maximum atomic E-state index is 11.8. The Bertz CT molecular complexity index is 893. The fourth-order valence-electron chi connectivity index (χ4n) is 2.47. The normalized spacial score (nSPS) is 10.7.